The van der Waals surface area contributed by atoms with Gasteiger partial charge in [-0.15, -0.1) is 0 Å². The van der Waals surface area contributed by atoms with E-state index >= 15 is 0 Å². The van der Waals surface area contributed by atoms with Crippen LogP contribution in [0.25, 0.3) is 0 Å². The van der Waals surface area contributed by atoms with Crippen molar-refractivity contribution in [2.75, 3.05) is 19.8 Å². The van der Waals surface area contributed by atoms with Crippen LogP contribution < -0.4 is 9.47 Å². The van der Waals surface area contributed by atoms with Gasteiger partial charge in [-0.3, -0.25) is 0 Å². The molecule has 0 bridgehead atoms. The van der Waals surface area contributed by atoms with Crippen LogP contribution in [0.2, 0.25) is 10.0 Å². The quantitative estimate of drug-likeness (QED) is 0.248. The lowest BCUT2D eigenvalue weighted by Crippen LogP contribution is -2.05. The highest BCUT2D eigenvalue weighted by atomic mass is 35.5. The van der Waals surface area contributed by atoms with Crippen LogP contribution in [0.5, 0.6) is 11.5 Å². The van der Waals surface area contributed by atoms with Crippen LogP contribution in [0.3, 0.4) is 0 Å². The van der Waals surface area contributed by atoms with Gasteiger partial charge in [0, 0.05) is 12.1 Å². The van der Waals surface area contributed by atoms with Gasteiger partial charge in [0.25, 0.3) is 0 Å². The summed E-state index contributed by atoms with van der Waals surface area (Å²) in [6.45, 7) is 1.39. The molecule has 0 aliphatic heterocycles. The Kier molecular flexibility index (Phi) is 11.2. The number of rotatable bonds is 11. The Morgan fingerprint density at radius 1 is 0.929 bits per heavy atom. The number of hydrogen-bond acceptors (Lipinski definition) is 4. The van der Waals surface area contributed by atoms with Gasteiger partial charge in [-0.05, 0) is 51.0 Å². The van der Waals surface area contributed by atoms with Gasteiger partial charge in [0.05, 0.1) is 22.4 Å². The van der Waals surface area contributed by atoms with E-state index in [0.29, 0.717) is 34.8 Å². The highest BCUT2D eigenvalue weighted by molar-refractivity contribution is 6.55. The molecule has 0 N–H and O–H groups in total. The molecule has 0 heterocycles. The lowest BCUT2D eigenvalue weighted by molar-refractivity contribution is 0.136. The van der Waals surface area contributed by atoms with Gasteiger partial charge < -0.3 is 14.3 Å². The molecule has 1 aliphatic rings. The van der Waals surface area contributed by atoms with E-state index in [1.807, 2.05) is 0 Å². The van der Waals surface area contributed by atoms with E-state index in [-0.39, 0.29) is 11.1 Å². The normalized spacial score (nSPS) is 13.8. The molecular weight excluding hydrogens is 444 g/mol. The van der Waals surface area contributed by atoms with Crippen molar-refractivity contribution >= 4 is 52.1 Å². The Morgan fingerprint density at radius 2 is 1.61 bits per heavy atom. The van der Waals surface area contributed by atoms with Crippen molar-refractivity contribution in [3.8, 4) is 11.5 Å². The molecular formula is C20H25Cl4NO3. The fourth-order valence-corrected chi connectivity index (χ4v) is 3.47. The Morgan fingerprint density at radius 3 is 2.29 bits per heavy atom. The standard InChI is InChI=1S/C20H25Cl4NO3/c21-17-13-16(26-12-9-19(23)24)14-18(22)20(17)27-10-5-2-6-11-28-25-15-7-3-1-4-8-15/h9,13-14H,1-8,10-12H2. The second kappa shape index (κ2) is 13.4. The minimum Gasteiger partial charge on any atom is -0.490 e. The summed E-state index contributed by atoms with van der Waals surface area (Å²) in [5.41, 5.74) is 1.20. The summed E-state index contributed by atoms with van der Waals surface area (Å²) >= 11 is 23.6. The third kappa shape index (κ3) is 9.13. The molecule has 0 radical (unpaired) electrons. The Hall–Kier alpha value is -0.810. The van der Waals surface area contributed by atoms with Gasteiger partial charge in [-0.25, -0.2) is 0 Å². The van der Waals surface area contributed by atoms with Crippen LogP contribution in [0, 0.1) is 0 Å². The van der Waals surface area contributed by atoms with Crippen molar-refractivity contribution in [2.24, 2.45) is 5.16 Å². The van der Waals surface area contributed by atoms with Crippen LogP contribution in [0.4, 0.5) is 0 Å². The Balaban J connectivity index is 1.63. The molecule has 1 aliphatic carbocycles. The minimum absolute atomic E-state index is 0.143. The monoisotopic (exact) mass is 467 g/mol. The minimum atomic E-state index is 0.143. The summed E-state index contributed by atoms with van der Waals surface area (Å²) in [6.07, 6.45) is 10.3. The summed E-state index contributed by atoms with van der Waals surface area (Å²) in [7, 11) is 0. The number of nitrogens with zero attached hydrogens (tertiary/aromatic N) is 1. The lowest BCUT2D eigenvalue weighted by atomic mass is 9.99. The first-order valence-corrected chi connectivity index (χ1v) is 11.0. The molecule has 0 unspecified atom stereocenters. The smallest absolute Gasteiger partial charge is 0.156 e. The summed E-state index contributed by atoms with van der Waals surface area (Å²) < 4.78 is 11.3. The largest absolute Gasteiger partial charge is 0.490 e. The van der Waals surface area contributed by atoms with E-state index in [4.69, 9.17) is 60.7 Å². The van der Waals surface area contributed by atoms with Crippen molar-refractivity contribution < 1.29 is 14.3 Å². The molecule has 0 aromatic heterocycles. The predicted molar refractivity (Wildman–Crippen MR) is 118 cm³/mol. The van der Waals surface area contributed by atoms with E-state index in [9.17, 15) is 0 Å². The van der Waals surface area contributed by atoms with Crippen molar-refractivity contribution in [1.29, 1.82) is 0 Å². The summed E-state index contributed by atoms with van der Waals surface area (Å²) in [5, 5.41) is 5.03. The number of oxime groups is 1. The summed E-state index contributed by atoms with van der Waals surface area (Å²) in [4.78, 5) is 5.41. The van der Waals surface area contributed by atoms with Crippen molar-refractivity contribution in [1.82, 2.24) is 0 Å². The number of hydrogen-bond donors (Lipinski definition) is 0. The average Bonchev–Trinajstić information content (AvgIpc) is 2.66. The maximum absolute atomic E-state index is 6.24. The maximum atomic E-state index is 6.24. The van der Waals surface area contributed by atoms with E-state index < -0.39 is 0 Å². The third-order valence-electron chi connectivity index (χ3n) is 4.21. The number of benzene rings is 1. The van der Waals surface area contributed by atoms with E-state index in [0.717, 1.165) is 32.1 Å². The first kappa shape index (κ1) is 23.5. The highest BCUT2D eigenvalue weighted by Gasteiger charge is 2.11. The molecule has 1 saturated carbocycles. The first-order chi connectivity index (χ1) is 13.6. The van der Waals surface area contributed by atoms with E-state index in [2.05, 4.69) is 5.16 Å². The molecule has 1 fully saturated rings. The van der Waals surface area contributed by atoms with Gasteiger partial charge >= 0.3 is 0 Å². The number of ether oxygens (including phenoxy) is 2. The molecule has 28 heavy (non-hydrogen) atoms. The molecule has 1 aromatic carbocycles. The zero-order valence-corrected chi connectivity index (χ0v) is 18.7. The number of halogens is 4. The molecule has 8 heteroatoms. The molecule has 156 valence electrons. The summed E-state index contributed by atoms with van der Waals surface area (Å²) in [6, 6.07) is 3.30. The predicted octanol–water partition coefficient (Wildman–Crippen LogP) is 7.58. The van der Waals surface area contributed by atoms with Crippen molar-refractivity contribution in [2.45, 2.75) is 51.4 Å². The molecule has 0 amide bonds. The lowest BCUT2D eigenvalue weighted by Gasteiger charge is -2.12. The molecule has 1 aromatic rings. The fourth-order valence-electron chi connectivity index (χ4n) is 2.77. The molecule has 4 nitrogen and oxygen atoms in total. The second-order valence-electron chi connectivity index (χ2n) is 6.48. The van der Waals surface area contributed by atoms with Gasteiger partial charge in [0.1, 0.15) is 23.5 Å². The Bertz CT molecular complexity index is 644. The van der Waals surface area contributed by atoms with Crippen LogP contribution in [-0.2, 0) is 4.84 Å². The molecule has 0 spiro atoms. The summed E-state index contributed by atoms with van der Waals surface area (Å²) in [5.74, 6) is 0.978. The highest BCUT2D eigenvalue weighted by Crippen LogP contribution is 2.37. The number of unbranched alkanes of at least 4 members (excludes halogenated alkanes) is 2. The molecule has 0 saturated heterocycles. The molecule has 2 rings (SSSR count). The average molecular weight is 469 g/mol. The fraction of sp³-hybridized carbons (Fsp3) is 0.550. The van der Waals surface area contributed by atoms with Crippen LogP contribution in [0.15, 0.2) is 27.9 Å². The maximum Gasteiger partial charge on any atom is 0.156 e. The third-order valence-corrected chi connectivity index (χ3v) is 5.08. The topological polar surface area (TPSA) is 40.0 Å². The van der Waals surface area contributed by atoms with Crippen LogP contribution >= 0.6 is 46.4 Å². The van der Waals surface area contributed by atoms with Gasteiger partial charge in [-0.2, -0.15) is 0 Å². The van der Waals surface area contributed by atoms with E-state index in [1.54, 1.807) is 12.1 Å². The first-order valence-electron chi connectivity index (χ1n) is 9.50. The van der Waals surface area contributed by atoms with Crippen molar-refractivity contribution in [3.05, 3.63) is 32.7 Å². The van der Waals surface area contributed by atoms with Crippen molar-refractivity contribution in [3.63, 3.8) is 0 Å². The van der Waals surface area contributed by atoms with E-state index in [1.165, 1.54) is 31.1 Å². The van der Waals surface area contributed by atoms with Gasteiger partial charge in [-0.1, -0.05) is 58.0 Å². The second-order valence-corrected chi connectivity index (χ2v) is 8.30. The zero-order chi connectivity index (χ0) is 20.2. The van der Waals surface area contributed by atoms with Crippen LogP contribution in [-0.4, -0.2) is 25.5 Å². The molecule has 0 atom stereocenters. The van der Waals surface area contributed by atoms with Gasteiger partial charge in [0.15, 0.2) is 5.75 Å². The SMILES string of the molecule is ClC(Cl)=CCOc1cc(Cl)c(OCCCCCON=C2CCCCC2)c(Cl)c1. The Labute approximate surface area is 186 Å². The van der Waals surface area contributed by atoms with Crippen LogP contribution in [0.1, 0.15) is 51.4 Å². The zero-order valence-electron chi connectivity index (χ0n) is 15.7. The van der Waals surface area contributed by atoms with Gasteiger partial charge in [0.2, 0.25) is 0 Å².